The van der Waals surface area contributed by atoms with Crippen molar-refractivity contribution in [2.24, 2.45) is 5.41 Å². The molecule has 0 bridgehead atoms. The third kappa shape index (κ3) is 2.84. The predicted octanol–water partition coefficient (Wildman–Crippen LogP) is 2.95. The maximum Gasteiger partial charge on any atom is 0.255 e. The first kappa shape index (κ1) is 14.5. The lowest BCUT2D eigenvalue weighted by molar-refractivity contribution is -0.0731. The quantitative estimate of drug-likeness (QED) is 0.868. The van der Waals surface area contributed by atoms with Crippen LogP contribution < -0.4 is 5.56 Å². The van der Waals surface area contributed by atoms with Gasteiger partial charge in [-0.1, -0.05) is 13.8 Å². The van der Waals surface area contributed by atoms with Gasteiger partial charge in [0.1, 0.15) is 11.4 Å². The van der Waals surface area contributed by atoms with Crippen LogP contribution in [0.4, 0.5) is 0 Å². The number of halogens is 1. The van der Waals surface area contributed by atoms with E-state index in [1.54, 1.807) is 13.3 Å². The predicted molar refractivity (Wildman–Crippen MR) is 75.4 cm³/mol. The van der Waals surface area contributed by atoms with Crippen LogP contribution >= 0.6 is 11.6 Å². The minimum Gasteiger partial charge on any atom is -0.370 e. The molecule has 1 fully saturated rings. The van der Waals surface area contributed by atoms with Crippen molar-refractivity contribution in [2.75, 3.05) is 7.11 Å². The summed E-state index contributed by atoms with van der Waals surface area (Å²) in [5.41, 5.74) is 0.201. The molecular weight excluding hydrogens is 264 g/mol. The van der Waals surface area contributed by atoms with E-state index in [0.29, 0.717) is 16.8 Å². The number of nitrogens with zero attached hydrogens (tertiary/aromatic N) is 1. The fourth-order valence-corrected chi connectivity index (χ4v) is 2.81. The fourth-order valence-electron chi connectivity index (χ4n) is 2.62. The van der Waals surface area contributed by atoms with E-state index in [2.05, 4.69) is 23.8 Å². The first-order chi connectivity index (χ1) is 8.92. The number of hydrogen-bond donors (Lipinski definition) is 1. The molecule has 1 aliphatic rings. The number of nitrogens with one attached hydrogen (secondary N) is 1. The molecule has 5 heteroatoms. The largest absolute Gasteiger partial charge is 0.370 e. The number of alkyl halides is 1. The average molecular weight is 285 g/mol. The Labute approximate surface area is 118 Å². The van der Waals surface area contributed by atoms with Gasteiger partial charge in [0.25, 0.3) is 5.56 Å². The van der Waals surface area contributed by atoms with Crippen molar-refractivity contribution in [3.63, 3.8) is 0 Å². The van der Waals surface area contributed by atoms with Gasteiger partial charge in [0.15, 0.2) is 0 Å². The van der Waals surface area contributed by atoms with Gasteiger partial charge in [-0.2, -0.15) is 0 Å². The van der Waals surface area contributed by atoms with E-state index in [9.17, 15) is 4.79 Å². The van der Waals surface area contributed by atoms with Crippen molar-refractivity contribution in [3.8, 4) is 0 Å². The molecule has 0 saturated heterocycles. The Balaban J connectivity index is 2.32. The van der Waals surface area contributed by atoms with Gasteiger partial charge >= 0.3 is 0 Å². The molecule has 1 heterocycles. The minimum atomic E-state index is -0.459. The Morgan fingerprint density at radius 3 is 2.47 bits per heavy atom. The smallest absolute Gasteiger partial charge is 0.255 e. The molecule has 0 radical (unpaired) electrons. The van der Waals surface area contributed by atoms with Crippen LogP contribution in [0.1, 0.15) is 50.9 Å². The standard InChI is InChI=1S/C14H21ClN2O2/c1-13(2)4-6-14(19-3,7-5-13)12-16-9-10(8-15)11(18)17-12/h9H,4-8H2,1-3H3,(H,16,17,18). The van der Waals surface area contributed by atoms with Gasteiger partial charge in [0.2, 0.25) is 0 Å². The second-order valence-corrected chi connectivity index (χ2v) is 6.35. The number of H-pyrrole nitrogens is 1. The molecule has 0 spiro atoms. The van der Waals surface area contributed by atoms with Crippen molar-refractivity contribution < 1.29 is 4.74 Å². The SMILES string of the molecule is COC1(c2ncc(CCl)c(=O)[nH]2)CCC(C)(C)CC1. The Morgan fingerprint density at radius 2 is 2.00 bits per heavy atom. The molecule has 0 unspecified atom stereocenters. The second-order valence-electron chi connectivity index (χ2n) is 6.08. The first-order valence-corrected chi connectivity index (χ1v) is 7.16. The molecule has 1 aromatic heterocycles. The Kier molecular flexibility index (Phi) is 4.02. The highest BCUT2D eigenvalue weighted by atomic mass is 35.5. The van der Waals surface area contributed by atoms with Crippen LogP contribution in [0.15, 0.2) is 11.0 Å². The van der Waals surface area contributed by atoms with E-state index in [-0.39, 0.29) is 11.4 Å². The topological polar surface area (TPSA) is 55.0 Å². The first-order valence-electron chi connectivity index (χ1n) is 6.62. The summed E-state index contributed by atoms with van der Waals surface area (Å²) in [6.07, 6.45) is 5.42. The lowest BCUT2D eigenvalue weighted by Gasteiger charge is -2.41. The van der Waals surface area contributed by atoms with Crippen LogP contribution in [0.3, 0.4) is 0 Å². The van der Waals surface area contributed by atoms with Gasteiger partial charge in [0.05, 0.1) is 11.4 Å². The van der Waals surface area contributed by atoms with Crippen molar-refractivity contribution >= 4 is 11.6 Å². The lowest BCUT2D eigenvalue weighted by atomic mass is 9.70. The van der Waals surface area contributed by atoms with Crippen molar-refractivity contribution in [1.29, 1.82) is 0 Å². The van der Waals surface area contributed by atoms with E-state index in [1.807, 2.05) is 0 Å². The van der Waals surface area contributed by atoms with Crippen molar-refractivity contribution in [1.82, 2.24) is 9.97 Å². The van der Waals surface area contributed by atoms with Crippen molar-refractivity contribution in [3.05, 3.63) is 27.9 Å². The van der Waals surface area contributed by atoms with Crippen LogP contribution in [-0.2, 0) is 16.2 Å². The summed E-state index contributed by atoms with van der Waals surface area (Å²) in [5.74, 6) is 0.805. The van der Waals surface area contributed by atoms with E-state index < -0.39 is 5.60 Å². The highest BCUT2D eigenvalue weighted by Gasteiger charge is 2.41. The maximum atomic E-state index is 11.9. The van der Waals surface area contributed by atoms with Gasteiger partial charge in [-0.25, -0.2) is 4.98 Å². The number of hydrogen-bond acceptors (Lipinski definition) is 3. The summed E-state index contributed by atoms with van der Waals surface area (Å²) in [6.45, 7) is 4.53. The zero-order valence-electron chi connectivity index (χ0n) is 11.8. The summed E-state index contributed by atoms with van der Waals surface area (Å²) < 4.78 is 5.72. The zero-order valence-corrected chi connectivity index (χ0v) is 12.5. The van der Waals surface area contributed by atoms with E-state index in [4.69, 9.17) is 16.3 Å². The van der Waals surface area contributed by atoms with E-state index in [1.165, 1.54) is 0 Å². The molecule has 0 amide bonds. The molecule has 2 rings (SSSR count). The van der Waals surface area contributed by atoms with Crippen LogP contribution in [0, 0.1) is 5.41 Å². The summed E-state index contributed by atoms with van der Waals surface area (Å²) in [4.78, 5) is 19.1. The van der Waals surface area contributed by atoms with Gasteiger partial charge in [-0.3, -0.25) is 4.79 Å². The third-order valence-corrected chi connectivity index (χ3v) is 4.54. The molecule has 1 N–H and O–H groups in total. The van der Waals surface area contributed by atoms with Crippen LogP contribution in [0.5, 0.6) is 0 Å². The summed E-state index contributed by atoms with van der Waals surface area (Å²) >= 11 is 5.69. The molecule has 106 valence electrons. The summed E-state index contributed by atoms with van der Waals surface area (Å²) in [7, 11) is 1.69. The fraction of sp³-hybridized carbons (Fsp3) is 0.714. The number of aromatic amines is 1. The lowest BCUT2D eigenvalue weighted by Crippen LogP contribution is -2.39. The van der Waals surface area contributed by atoms with Crippen molar-refractivity contribution in [2.45, 2.75) is 51.0 Å². The number of rotatable bonds is 3. The highest BCUT2D eigenvalue weighted by molar-refractivity contribution is 6.17. The highest BCUT2D eigenvalue weighted by Crippen LogP contribution is 2.45. The van der Waals surface area contributed by atoms with E-state index in [0.717, 1.165) is 25.7 Å². The van der Waals surface area contributed by atoms with Crippen LogP contribution in [0.2, 0.25) is 0 Å². The van der Waals surface area contributed by atoms with Gasteiger partial charge < -0.3 is 9.72 Å². The maximum absolute atomic E-state index is 11.9. The molecule has 1 aliphatic carbocycles. The average Bonchev–Trinajstić information content (AvgIpc) is 2.39. The Bertz CT molecular complexity index is 500. The zero-order chi connectivity index (χ0) is 14.1. The molecular formula is C14H21ClN2O2. The molecule has 0 aliphatic heterocycles. The van der Waals surface area contributed by atoms with E-state index >= 15 is 0 Å². The number of methoxy groups -OCH3 is 1. The number of aromatic nitrogens is 2. The van der Waals surface area contributed by atoms with Crippen LogP contribution in [-0.4, -0.2) is 17.1 Å². The minimum absolute atomic E-state index is 0.166. The second kappa shape index (κ2) is 5.25. The molecule has 0 aromatic carbocycles. The molecule has 1 saturated carbocycles. The summed E-state index contributed by atoms with van der Waals surface area (Å²) in [6, 6.07) is 0. The molecule has 4 nitrogen and oxygen atoms in total. The molecule has 1 aromatic rings. The van der Waals surface area contributed by atoms with Gasteiger partial charge in [-0.05, 0) is 31.1 Å². The summed E-state index contributed by atoms with van der Waals surface area (Å²) in [5, 5.41) is 0. The number of ether oxygens (including phenoxy) is 1. The molecule has 19 heavy (non-hydrogen) atoms. The third-order valence-electron chi connectivity index (χ3n) is 4.25. The van der Waals surface area contributed by atoms with Gasteiger partial charge in [-0.15, -0.1) is 11.6 Å². The molecule has 0 atom stereocenters. The van der Waals surface area contributed by atoms with Crippen LogP contribution in [0.25, 0.3) is 0 Å². The Morgan fingerprint density at radius 1 is 1.37 bits per heavy atom. The monoisotopic (exact) mass is 284 g/mol. The van der Waals surface area contributed by atoms with Gasteiger partial charge in [0, 0.05) is 13.3 Å². The normalized spacial score (nSPS) is 21.3. The Hall–Kier alpha value is -0.870.